The minimum Gasteiger partial charge on any atom is -0.493 e. The van der Waals surface area contributed by atoms with Gasteiger partial charge in [0.15, 0.2) is 6.79 Å². The van der Waals surface area contributed by atoms with E-state index < -0.39 is 0 Å². The lowest BCUT2D eigenvalue weighted by molar-refractivity contribution is 0.0220. The van der Waals surface area contributed by atoms with Crippen LogP contribution >= 0.6 is 0 Å². The maximum absolute atomic E-state index is 6.38. The molecule has 4 aromatic rings. The van der Waals surface area contributed by atoms with E-state index in [1.807, 2.05) is 6.92 Å². The van der Waals surface area contributed by atoms with Crippen LogP contribution in [0.1, 0.15) is 24.5 Å². The van der Waals surface area contributed by atoms with Gasteiger partial charge in [-0.3, -0.25) is 0 Å². The van der Waals surface area contributed by atoms with Gasteiger partial charge < -0.3 is 19.5 Å². The molecule has 1 heterocycles. The molecule has 5 rings (SSSR count). The summed E-state index contributed by atoms with van der Waals surface area (Å²) in [5, 5.41) is 8.20. The van der Waals surface area contributed by atoms with Crippen molar-refractivity contribution in [2.75, 3.05) is 33.1 Å². The summed E-state index contributed by atoms with van der Waals surface area (Å²) in [6, 6.07) is 25.5. The topological polar surface area (TPSA) is 39.7 Å². The molecule has 4 aromatic carbocycles. The van der Waals surface area contributed by atoms with Crippen LogP contribution in [0.4, 0.5) is 0 Å². The molecule has 0 radical (unpaired) electrons. The van der Waals surface area contributed by atoms with Crippen LogP contribution in [-0.4, -0.2) is 33.1 Å². The molecule has 4 heteroatoms. The lowest BCUT2D eigenvalue weighted by atomic mass is 9.93. The molecule has 1 fully saturated rings. The van der Waals surface area contributed by atoms with Crippen molar-refractivity contribution in [2.45, 2.75) is 19.8 Å². The van der Waals surface area contributed by atoms with Gasteiger partial charge in [-0.05, 0) is 66.0 Å². The third-order valence-corrected chi connectivity index (χ3v) is 6.50. The normalized spacial score (nSPS) is 13.8. The number of hydrogen-bond acceptors (Lipinski definition) is 4. The third-order valence-electron chi connectivity index (χ3n) is 6.50. The molecule has 1 aliphatic heterocycles. The van der Waals surface area contributed by atoms with Gasteiger partial charge in [0.2, 0.25) is 0 Å². The Labute approximate surface area is 195 Å². The van der Waals surface area contributed by atoms with Crippen LogP contribution in [-0.2, 0) is 11.2 Å². The molecule has 4 nitrogen and oxygen atoms in total. The highest BCUT2D eigenvalue weighted by Gasteiger charge is 2.18. The average Bonchev–Trinajstić information content (AvgIpc) is 2.82. The van der Waals surface area contributed by atoms with Crippen molar-refractivity contribution in [1.29, 1.82) is 0 Å². The predicted octanol–water partition coefficient (Wildman–Crippen LogP) is 5.94. The SMILES string of the molecule is CCOCOc1ccc2ccccc2c1Cc1c(OCCC2CNC2)ccc2ccccc12. The molecule has 1 N–H and O–H groups in total. The zero-order chi connectivity index (χ0) is 22.5. The second-order valence-electron chi connectivity index (χ2n) is 8.62. The monoisotopic (exact) mass is 441 g/mol. The number of ether oxygens (including phenoxy) is 3. The molecule has 0 aromatic heterocycles. The van der Waals surface area contributed by atoms with E-state index in [1.54, 1.807) is 0 Å². The number of fused-ring (bicyclic) bond motifs is 2. The third kappa shape index (κ3) is 4.82. The van der Waals surface area contributed by atoms with E-state index in [1.165, 1.54) is 27.1 Å². The lowest BCUT2D eigenvalue weighted by Gasteiger charge is -2.27. The van der Waals surface area contributed by atoms with E-state index in [4.69, 9.17) is 14.2 Å². The molecule has 1 aliphatic rings. The summed E-state index contributed by atoms with van der Waals surface area (Å²) in [6.07, 6.45) is 1.81. The van der Waals surface area contributed by atoms with E-state index >= 15 is 0 Å². The van der Waals surface area contributed by atoms with Crippen LogP contribution in [0.15, 0.2) is 72.8 Å². The molecule has 0 unspecified atom stereocenters. The van der Waals surface area contributed by atoms with E-state index in [2.05, 4.69) is 78.1 Å². The minimum atomic E-state index is 0.246. The number of rotatable bonds is 10. The van der Waals surface area contributed by atoms with Gasteiger partial charge >= 0.3 is 0 Å². The Kier molecular flexibility index (Phi) is 6.75. The summed E-state index contributed by atoms with van der Waals surface area (Å²) >= 11 is 0. The summed E-state index contributed by atoms with van der Waals surface area (Å²) in [5.74, 6) is 2.55. The highest BCUT2D eigenvalue weighted by atomic mass is 16.7. The van der Waals surface area contributed by atoms with Crippen molar-refractivity contribution in [3.8, 4) is 11.5 Å². The Hall–Kier alpha value is -3.08. The second kappa shape index (κ2) is 10.2. The molecule has 1 saturated heterocycles. The van der Waals surface area contributed by atoms with Gasteiger partial charge in [0.05, 0.1) is 6.61 Å². The van der Waals surface area contributed by atoms with Crippen LogP contribution in [0.5, 0.6) is 11.5 Å². The number of benzene rings is 4. The fraction of sp³-hybridized carbons (Fsp3) is 0.310. The largest absolute Gasteiger partial charge is 0.493 e. The van der Waals surface area contributed by atoms with Crippen molar-refractivity contribution >= 4 is 21.5 Å². The summed E-state index contributed by atoms with van der Waals surface area (Å²) in [5.41, 5.74) is 2.37. The molecule has 0 spiro atoms. The molecule has 170 valence electrons. The van der Waals surface area contributed by atoms with Gasteiger partial charge in [-0.25, -0.2) is 0 Å². The Balaban J connectivity index is 1.54. The molecule has 0 bridgehead atoms. The molecular weight excluding hydrogens is 410 g/mol. The van der Waals surface area contributed by atoms with Crippen molar-refractivity contribution in [3.63, 3.8) is 0 Å². The van der Waals surface area contributed by atoms with Crippen molar-refractivity contribution in [2.24, 2.45) is 5.92 Å². The molecule has 33 heavy (non-hydrogen) atoms. The highest BCUT2D eigenvalue weighted by Crippen LogP contribution is 2.36. The lowest BCUT2D eigenvalue weighted by Crippen LogP contribution is -2.42. The van der Waals surface area contributed by atoms with Crippen LogP contribution in [0.3, 0.4) is 0 Å². The highest BCUT2D eigenvalue weighted by molar-refractivity contribution is 5.91. The van der Waals surface area contributed by atoms with Crippen LogP contribution in [0, 0.1) is 5.92 Å². The average molecular weight is 442 g/mol. The van der Waals surface area contributed by atoms with Crippen LogP contribution in [0.2, 0.25) is 0 Å². The summed E-state index contributed by atoms with van der Waals surface area (Å²) in [7, 11) is 0. The zero-order valence-electron chi connectivity index (χ0n) is 19.2. The van der Waals surface area contributed by atoms with E-state index in [9.17, 15) is 0 Å². The van der Waals surface area contributed by atoms with Crippen molar-refractivity contribution in [3.05, 3.63) is 83.9 Å². The van der Waals surface area contributed by atoms with Crippen LogP contribution < -0.4 is 14.8 Å². The van der Waals surface area contributed by atoms with E-state index in [0.717, 1.165) is 55.5 Å². The molecule has 0 saturated carbocycles. The fourth-order valence-corrected chi connectivity index (χ4v) is 4.52. The van der Waals surface area contributed by atoms with Crippen molar-refractivity contribution < 1.29 is 14.2 Å². The molecule has 0 atom stereocenters. The van der Waals surface area contributed by atoms with Gasteiger partial charge in [-0.1, -0.05) is 60.7 Å². The van der Waals surface area contributed by atoms with E-state index in [0.29, 0.717) is 6.61 Å². The first-order chi connectivity index (χ1) is 16.3. The maximum Gasteiger partial charge on any atom is 0.189 e. The quantitative estimate of drug-likeness (QED) is 0.244. The van der Waals surface area contributed by atoms with Gasteiger partial charge in [-0.2, -0.15) is 0 Å². The van der Waals surface area contributed by atoms with Gasteiger partial charge in [-0.15, -0.1) is 0 Å². The standard InChI is InChI=1S/C29H31NO3/c1-2-31-20-33-29-14-12-23-8-4-6-10-25(23)27(29)17-26-24-9-5-3-7-22(24)11-13-28(26)32-16-15-21-18-30-19-21/h3-14,21,30H,2,15-20H2,1H3. The zero-order valence-corrected chi connectivity index (χ0v) is 19.2. The van der Waals surface area contributed by atoms with Gasteiger partial charge in [0, 0.05) is 24.2 Å². The van der Waals surface area contributed by atoms with E-state index in [-0.39, 0.29) is 6.79 Å². The first-order valence-corrected chi connectivity index (χ1v) is 11.9. The first-order valence-electron chi connectivity index (χ1n) is 11.9. The van der Waals surface area contributed by atoms with Crippen molar-refractivity contribution in [1.82, 2.24) is 5.32 Å². The Bertz CT molecular complexity index is 1230. The first kappa shape index (κ1) is 21.7. The molecule has 0 aliphatic carbocycles. The summed E-state index contributed by atoms with van der Waals surface area (Å²) < 4.78 is 17.9. The Morgan fingerprint density at radius 3 is 1.94 bits per heavy atom. The Morgan fingerprint density at radius 2 is 1.36 bits per heavy atom. The summed E-state index contributed by atoms with van der Waals surface area (Å²) in [4.78, 5) is 0. The van der Waals surface area contributed by atoms with Gasteiger partial charge in [0.25, 0.3) is 0 Å². The smallest absolute Gasteiger partial charge is 0.189 e. The molecular formula is C29H31NO3. The number of hydrogen-bond donors (Lipinski definition) is 1. The number of nitrogens with one attached hydrogen (secondary N) is 1. The Morgan fingerprint density at radius 1 is 0.758 bits per heavy atom. The van der Waals surface area contributed by atoms with Gasteiger partial charge in [0.1, 0.15) is 11.5 Å². The fourth-order valence-electron chi connectivity index (χ4n) is 4.52. The predicted molar refractivity (Wildman–Crippen MR) is 134 cm³/mol. The minimum absolute atomic E-state index is 0.246. The van der Waals surface area contributed by atoms with Crippen LogP contribution in [0.25, 0.3) is 21.5 Å². The second-order valence-corrected chi connectivity index (χ2v) is 8.62. The summed E-state index contributed by atoms with van der Waals surface area (Å²) in [6.45, 7) is 5.79. The maximum atomic E-state index is 6.38. The molecule has 0 amide bonds.